The number of hydrogen-bond donors (Lipinski definition) is 1. The Morgan fingerprint density at radius 2 is 2.00 bits per heavy atom. The molecule has 0 aliphatic heterocycles. The number of likely N-dealkylation sites (N-methyl/N-ethyl adjacent to an activating group) is 1. The third-order valence-electron chi connectivity index (χ3n) is 2.13. The lowest BCUT2D eigenvalue weighted by Crippen LogP contribution is -2.31. The van der Waals surface area contributed by atoms with Gasteiger partial charge in [0.15, 0.2) is 0 Å². The van der Waals surface area contributed by atoms with Gasteiger partial charge >= 0.3 is 0 Å². The molecule has 0 amide bonds. The van der Waals surface area contributed by atoms with Crippen LogP contribution in [0.25, 0.3) is 0 Å². The number of amidine groups is 1. The lowest BCUT2D eigenvalue weighted by atomic mass is 10.2. The number of aliphatic imine (C=N–C) groups is 1. The molecule has 0 rings (SSSR count). The topological polar surface area (TPSA) is 50.8 Å². The minimum Gasteiger partial charge on any atom is -0.402 e. The third-order valence-corrected chi connectivity index (χ3v) is 2.13. The van der Waals surface area contributed by atoms with Crippen LogP contribution in [0.15, 0.2) is 16.3 Å². The van der Waals surface area contributed by atoms with Crippen LogP contribution < -0.4 is 5.73 Å². The van der Waals surface area contributed by atoms with Crippen molar-refractivity contribution >= 4 is 5.84 Å². The molecule has 14 heavy (non-hydrogen) atoms. The second kappa shape index (κ2) is 6.43. The van der Waals surface area contributed by atoms with E-state index in [-0.39, 0.29) is 0 Å². The van der Waals surface area contributed by atoms with Gasteiger partial charge in [0.1, 0.15) is 5.84 Å². The molecule has 0 aliphatic rings. The largest absolute Gasteiger partial charge is 0.402 e. The first kappa shape index (κ1) is 13.0. The molecular weight excluding hydrogens is 178 g/mol. The summed E-state index contributed by atoms with van der Waals surface area (Å²) < 4.78 is 5.00. The highest BCUT2D eigenvalue weighted by Crippen LogP contribution is 2.04. The van der Waals surface area contributed by atoms with E-state index in [0.717, 1.165) is 23.7 Å². The summed E-state index contributed by atoms with van der Waals surface area (Å²) in [5.74, 6) is 0.919. The van der Waals surface area contributed by atoms with Crippen LogP contribution in [0.2, 0.25) is 0 Å². The molecule has 0 heterocycles. The number of nitrogens with zero attached hydrogens (tertiary/aromatic N) is 2. The van der Waals surface area contributed by atoms with Gasteiger partial charge in [-0.1, -0.05) is 0 Å². The summed E-state index contributed by atoms with van der Waals surface area (Å²) in [7, 11) is 5.44. The molecule has 0 fully saturated rings. The highest BCUT2D eigenvalue weighted by molar-refractivity contribution is 5.98. The maximum absolute atomic E-state index is 5.72. The van der Waals surface area contributed by atoms with Crippen molar-refractivity contribution in [1.82, 2.24) is 4.90 Å². The summed E-state index contributed by atoms with van der Waals surface area (Å²) >= 11 is 0. The molecule has 0 aromatic rings. The van der Waals surface area contributed by atoms with Gasteiger partial charge in [-0.2, -0.15) is 0 Å². The quantitative estimate of drug-likeness (QED) is 0.539. The number of hydrogen-bond acceptors (Lipinski definition) is 3. The number of ether oxygens (including phenoxy) is 1. The summed E-state index contributed by atoms with van der Waals surface area (Å²) in [5, 5.41) is 0. The van der Waals surface area contributed by atoms with Crippen molar-refractivity contribution < 1.29 is 4.74 Å². The molecule has 0 saturated heterocycles. The van der Waals surface area contributed by atoms with Gasteiger partial charge in [0, 0.05) is 39.0 Å². The number of rotatable bonds is 4. The Bertz CT molecular complexity index is 230. The van der Waals surface area contributed by atoms with Crippen LogP contribution in [0, 0.1) is 0 Å². The van der Waals surface area contributed by atoms with Crippen molar-refractivity contribution in [3.05, 3.63) is 11.3 Å². The van der Waals surface area contributed by atoms with Crippen LogP contribution in [0.4, 0.5) is 0 Å². The van der Waals surface area contributed by atoms with Crippen molar-refractivity contribution in [3.63, 3.8) is 0 Å². The zero-order valence-electron chi connectivity index (χ0n) is 9.79. The summed E-state index contributed by atoms with van der Waals surface area (Å²) in [6.45, 7) is 5.35. The number of allylic oxidation sites excluding steroid dienone is 1. The normalized spacial score (nSPS) is 13.9. The number of methoxy groups -OCH3 is 1. The zero-order chi connectivity index (χ0) is 11.1. The van der Waals surface area contributed by atoms with Crippen molar-refractivity contribution in [1.29, 1.82) is 0 Å². The molecule has 0 unspecified atom stereocenters. The van der Waals surface area contributed by atoms with Crippen LogP contribution in [0.5, 0.6) is 0 Å². The van der Waals surface area contributed by atoms with E-state index in [0.29, 0.717) is 6.61 Å². The summed E-state index contributed by atoms with van der Waals surface area (Å²) in [5.41, 5.74) is 7.54. The first-order chi connectivity index (χ1) is 6.54. The van der Waals surface area contributed by atoms with Crippen molar-refractivity contribution in [2.45, 2.75) is 13.8 Å². The Hall–Kier alpha value is -1.03. The Kier molecular flexibility index (Phi) is 5.95. The van der Waals surface area contributed by atoms with E-state index in [9.17, 15) is 0 Å². The summed E-state index contributed by atoms with van der Waals surface area (Å²) in [4.78, 5) is 6.25. The summed E-state index contributed by atoms with van der Waals surface area (Å²) in [6, 6.07) is 0. The van der Waals surface area contributed by atoms with Gasteiger partial charge in [0.25, 0.3) is 0 Å². The fraction of sp³-hybridized carbons (Fsp3) is 0.700. The summed E-state index contributed by atoms with van der Waals surface area (Å²) in [6.07, 6.45) is 0. The van der Waals surface area contributed by atoms with Gasteiger partial charge in [-0.25, -0.2) is 0 Å². The van der Waals surface area contributed by atoms with Gasteiger partial charge in [-0.05, 0) is 13.8 Å². The number of nitrogens with two attached hydrogens (primary N) is 1. The maximum Gasteiger partial charge on any atom is 0.127 e. The first-order valence-corrected chi connectivity index (χ1v) is 4.64. The maximum atomic E-state index is 5.72. The SMILES string of the molecule is CN=C(/C(C)=C(/C)N)N(C)CCOC. The van der Waals surface area contributed by atoms with Crippen LogP contribution in [0.3, 0.4) is 0 Å². The molecule has 0 atom stereocenters. The Balaban J connectivity index is 4.51. The Labute approximate surface area is 86.4 Å². The molecule has 0 saturated carbocycles. The third kappa shape index (κ3) is 3.79. The molecule has 0 radical (unpaired) electrons. The van der Waals surface area contributed by atoms with Crippen LogP contribution in [0.1, 0.15) is 13.8 Å². The molecule has 0 aliphatic carbocycles. The van der Waals surface area contributed by atoms with E-state index in [1.807, 2.05) is 25.8 Å². The van der Waals surface area contributed by atoms with Crippen LogP contribution in [-0.2, 0) is 4.74 Å². The lowest BCUT2D eigenvalue weighted by molar-refractivity contribution is 0.183. The monoisotopic (exact) mass is 199 g/mol. The highest BCUT2D eigenvalue weighted by Gasteiger charge is 2.08. The van der Waals surface area contributed by atoms with Gasteiger partial charge in [0.05, 0.1) is 6.61 Å². The first-order valence-electron chi connectivity index (χ1n) is 4.64. The van der Waals surface area contributed by atoms with E-state index < -0.39 is 0 Å². The molecule has 4 nitrogen and oxygen atoms in total. The predicted molar refractivity (Wildman–Crippen MR) is 60.4 cm³/mol. The zero-order valence-corrected chi connectivity index (χ0v) is 9.79. The van der Waals surface area contributed by atoms with Crippen LogP contribution in [-0.4, -0.2) is 45.1 Å². The molecule has 0 spiro atoms. The standard InChI is InChI=1S/C10H21N3O/c1-8(9(2)11)10(12-3)13(4)6-7-14-5/h6-7,11H2,1-5H3/b9-8-,12-10?. The average Bonchev–Trinajstić information content (AvgIpc) is 2.15. The van der Waals surface area contributed by atoms with E-state index >= 15 is 0 Å². The molecule has 2 N–H and O–H groups in total. The van der Waals surface area contributed by atoms with Gasteiger partial charge in [0.2, 0.25) is 0 Å². The molecule has 0 aromatic heterocycles. The Morgan fingerprint density at radius 3 is 2.36 bits per heavy atom. The van der Waals surface area contributed by atoms with Gasteiger partial charge < -0.3 is 15.4 Å². The fourth-order valence-corrected chi connectivity index (χ4v) is 1.14. The van der Waals surface area contributed by atoms with E-state index in [1.54, 1.807) is 14.2 Å². The second-order valence-corrected chi connectivity index (χ2v) is 3.27. The smallest absolute Gasteiger partial charge is 0.127 e. The van der Waals surface area contributed by atoms with E-state index in [2.05, 4.69) is 4.99 Å². The minimum atomic E-state index is 0.687. The second-order valence-electron chi connectivity index (χ2n) is 3.27. The average molecular weight is 199 g/mol. The predicted octanol–water partition coefficient (Wildman–Crippen LogP) is 0.845. The molecule has 82 valence electrons. The fourth-order valence-electron chi connectivity index (χ4n) is 1.14. The minimum absolute atomic E-state index is 0.687. The molecule has 0 aromatic carbocycles. The molecular formula is C10H21N3O. The lowest BCUT2D eigenvalue weighted by Gasteiger charge is -2.21. The van der Waals surface area contributed by atoms with Crippen LogP contribution >= 0.6 is 0 Å². The molecule has 0 bridgehead atoms. The van der Waals surface area contributed by atoms with Crippen molar-refractivity contribution in [2.24, 2.45) is 10.7 Å². The van der Waals surface area contributed by atoms with E-state index in [1.165, 1.54) is 0 Å². The van der Waals surface area contributed by atoms with Gasteiger partial charge in [-0.3, -0.25) is 4.99 Å². The van der Waals surface area contributed by atoms with E-state index in [4.69, 9.17) is 10.5 Å². The van der Waals surface area contributed by atoms with Crippen molar-refractivity contribution in [2.75, 3.05) is 34.4 Å². The molecule has 4 heteroatoms. The van der Waals surface area contributed by atoms with Gasteiger partial charge in [-0.15, -0.1) is 0 Å². The highest BCUT2D eigenvalue weighted by atomic mass is 16.5. The van der Waals surface area contributed by atoms with Crippen molar-refractivity contribution in [3.8, 4) is 0 Å². The Morgan fingerprint density at radius 1 is 1.43 bits per heavy atom.